The molecular weight excluding hydrogens is 326 g/mol. The standard InChI is InChI=1S/C18H23NO2S2/c1-3-5-11-19-17(20)16(23-18(19)22)13-14-7-9-15(10-8-14)21-12-6-4-2/h7-10,13H,3-6,11-12H2,1-2H3/b16-13+. The van der Waals surface area contributed by atoms with E-state index in [9.17, 15) is 4.79 Å². The van der Waals surface area contributed by atoms with E-state index in [4.69, 9.17) is 17.0 Å². The predicted octanol–water partition coefficient (Wildman–Crippen LogP) is 4.87. The minimum Gasteiger partial charge on any atom is -0.494 e. The normalized spacial score (nSPS) is 16.4. The van der Waals surface area contributed by atoms with Crippen molar-refractivity contribution < 1.29 is 9.53 Å². The van der Waals surface area contributed by atoms with E-state index in [1.54, 1.807) is 4.90 Å². The molecule has 0 saturated carbocycles. The first-order valence-electron chi connectivity index (χ1n) is 8.14. The summed E-state index contributed by atoms with van der Waals surface area (Å²) in [4.78, 5) is 14.8. The van der Waals surface area contributed by atoms with E-state index in [1.165, 1.54) is 11.8 Å². The lowest BCUT2D eigenvalue weighted by Gasteiger charge is -2.13. The van der Waals surface area contributed by atoms with Gasteiger partial charge in [0.25, 0.3) is 5.91 Å². The Morgan fingerprint density at radius 2 is 1.87 bits per heavy atom. The van der Waals surface area contributed by atoms with Gasteiger partial charge in [0.2, 0.25) is 0 Å². The van der Waals surface area contributed by atoms with Crippen molar-refractivity contribution in [3.63, 3.8) is 0 Å². The molecular formula is C18H23NO2S2. The summed E-state index contributed by atoms with van der Waals surface area (Å²) in [7, 11) is 0. The molecule has 0 aromatic heterocycles. The van der Waals surface area contributed by atoms with Crippen molar-refractivity contribution in [3.05, 3.63) is 34.7 Å². The van der Waals surface area contributed by atoms with E-state index in [2.05, 4.69) is 13.8 Å². The summed E-state index contributed by atoms with van der Waals surface area (Å²) in [6, 6.07) is 7.83. The van der Waals surface area contributed by atoms with Crippen molar-refractivity contribution in [3.8, 4) is 5.75 Å². The van der Waals surface area contributed by atoms with E-state index < -0.39 is 0 Å². The van der Waals surface area contributed by atoms with Gasteiger partial charge in [0.1, 0.15) is 10.1 Å². The zero-order valence-electron chi connectivity index (χ0n) is 13.7. The lowest BCUT2D eigenvalue weighted by molar-refractivity contribution is -0.122. The van der Waals surface area contributed by atoms with Gasteiger partial charge in [-0.05, 0) is 36.6 Å². The number of amides is 1. The average molecular weight is 350 g/mol. The summed E-state index contributed by atoms with van der Waals surface area (Å²) in [6.07, 6.45) is 6.11. The van der Waals surface area contributed by atoms with Gasteiger partial charge in [0, 0.05) is 6.54 Å². The average Bonchev–Trinajstić information content (AvgIpc) is 2.81. The molecule has 23 heavy (non-hydrogen) atoms. The van der Waals surface area contributed by atoms with Crippen molar-refractivity contribution in [2.24, 2.45) is 0 Å². The summed E-state index contributed by atoms with van der Waals surface area (Å²) in [5.41, 5.74) is 0.990. The lowest BCUT2D eigenvalue weighted by Crippen LogP contribution is -2.28. The largest absolute Gasteiger partial charge is 0.494 e. The monoisotopic (exact) mass is 349 g/mol. The quantitative estimate of drug-likeness (QED) is 0.380. The lowest BCUT2D eigenvalue weighted by atomic mass is 10.2. The van der Waals surface area contributed by atoms with Crippen molar-refractivity contribution >= 4 is 40.3 Å². The third kappa shape index (κ3) is 5.08. The highest BCUT2D eigenvalue weighted by Gasteiger charge is 2.31. The van der Waals surface area contributed by atoms with Gasteiger partial charge in [-0.3, -0.25) is 9.69 Å². The zero-order valence-corrected chi connectivity index (χ0v) is 15.3. The second-order valence-electron chi connectivity index (χ2n) is 5.46. The highest BCUT2D eigenvalue weighted by molar-refractivity contribution is 8.26. The second-order valence-corrected chi connectivity index (χ2v) is 7.13. The van der Waals surface area contributed by atoms with Gasteiger partial charge >= 0.3 is 0 Å². The molecule has 124 valence electrons. The number of ether oxygens (including phenoxy) is 1. The van der Waals surface area contributed by atoms with Crippen molar-refractivity contribution in [2.45, 2.75) is 39.5 Å². The van der Waals surface area contributed by atoms with Crippen LogP contribution < -0.4 is 4.74 Å². The molecule has 3 nitrogen and oxygen atoms in total. The molecule has 0 aliphatic carbocycles. The van der Waals surface area contributed by atoms with Crippen molar-refractivity contribution in [1.29, 1.82) is 0 Å². The van der Waals surface area contributed by atoms with Gasteiger partial charge in [0.15, 0.2) is 0 Å². The Labute approximate surface area is 148 Å². The maximum absolute atomic E-state index is 12.4. The fraction of sp³-hybridized carbons (Fsp3) is 0.444. The molecule has 1 saturated heterocycles. The molecule has 1 amide bonds. The van der Waals surface area contributed by atoms with Crippen molar-refractivity contribution in [2.75, 3.05) is 13.2 Å². The van der Waals surface area contributed by atoms with Crippen LogP contribution in [0.5, 0.6) is 5.75 Å². The molecule has 0 atom stereocenters. The van der Waals surface area contributed by atoms with Crippen LogP contribution in [0.1, 0.15) is 45.1 Å². The number of hydrogen-bond acceptors (Lipinski definition) is 4. The molecule has 0 N–H and O–H groups in total. The maximum atomic E-state index is 12.4. The van der Waals surface area contributed by atoms with Crippen LogP contribution in [0, 0.1) is 0 Å². The van der Waals surface area contributed by atoms with Crippen LogP contribution in [-0.2, 0) is 4.79 Å². The Morgan fingerprint density at radius 3 is 2.52 bits per heavy atom. The summed E-state index contributed by atoms with van der Waals surface area (Å²) < 4.78 is 6.31. The van der Waals surface area contributed by atoms with Crippen LogP contribution >= 0.6 is 24.0 Å². The summed E-state index contributed by atoms with van der Waals surface area (Å²) >= 11 is 6.70. The van der Waals surface area contributed by atoms with Crippen molar-refractivity contribution in [1.82, 2.24) is 4.90 Å². The molecule has 1 fully saturated rings. The molecule has 2 rings (SSSR count). The van der Waals surface area contributed by atoms with Crippen LogP contribution in [0.2, 0.25) is 0 Å². The third-order valence-electron chi connectivity index (χ3n) is 3.55. The van der Waals surface area contributed by atoms with Gasteiger partial charge in [-0.2, -0.15) is 0 Å². The van der Waals surface area contributed by atoms with Gasteiger partial charge in [-0.25, -0.2) is 0 Å². The van der Waals surface area contributed by atoms with E-state index in [0.717, 1.165) is 43.6 Å². The first-order valence-corrected chi connectivity index (χ1v) is 9.36. The molecule has 1 aliphatic heterocycles. The molecule has 1 aromatic rings. The third-order valence-corrected chi connectivity index (χ3v) is 4.93. The van der Waals surface area contributed by atoms with Gasteiger partial charge < -0.3 is 4.74 Å². The SMILES string of the molecule is CCCCOc1ccc(/C=C2/SC(=S)N(CCCC)C2=O)cc1. The molecule has 1 aliphatic rings. The Kier molecular flexibility index (Phi) is 7.12. The number of benzene rings is 1. The Balaban J connectivity index is 2.01. The minimum absolute atomic E-state index is 0.0247. The van der Waals surface area contributed by atoms with E-state index in [0.29, 0.717) is 15.8 Å². The Morgan fingerprint density at radius 1 is 1.17 bits per heavy atom. The predicted molar refractivity (Wildman–Crippen MR) is 102 cm³/mol. The van der Waals surface area contributed by atoms with Crippen LogP contribution in [0.25, 0.3) is 6.08 Å². The molecule has 5 heteroatoms. The zero-order chi connectivity index (χ0) is 16.7. The van der Waals surface area contributed by atoms with Crippen LogP contribution in [0.4, 0.5) is 0 Å². The molecule has 0 bridgehead atoms. The summed E-state index contributed by atoms with van der Waals surface area (Å²) in [5, 5.41) is 0. The first-order chi connectivity index (χ1) is 11.2. The van der Waals surface area contributed by atoms with Crippen LogP contribution in [0.15, 0.2) is 29.2 Å². The molecule has 0 spiro atoms. The number of thioether (sulfide) groups is 1. The Hall–Kier alpha value is -1.33. The molecule has 0 unspecified atom stereocenters. The number of unbranched alkanes of at least 4 members (excludes halogenated alkanes) is 2. The van der Waals surface area contributed by atoms with Crippen LogP contribution in [0.3, 0.4) is 0 Å². The second kappa shape index (κ2) is 9.08. The highest BCUT2D eigenvalue weighted by atomic mass is 32.2. The fourth-order valence-electron chi connectivity index (χ4n) is 2.16. The highest BCUT2D eigenvalue weighted by Crippen LogP contribution is 2.32. The Bertz CT molecular complexity index is 581. The number of thiocarbonyl (C=S) groups is 1. The van der Waals surface area contributed by atoms with Gasteiger partial charge in [-0.15, -0.1) is 0 Å². The topological polar surface area (TPSA) is 29.5 Å². The number of carbonyl (C=O) groups excluding carboxylic acids is 1. The number of carbonyl (C=O) groups is 1. The van der Waals surface area contributed by atoms with Crippen LogP contribution in [-0.4, -0.2) is 28.3 Å². The van der Waals surface area contributed by atoms with E-state index >= 15 is 0 Å². The molecule has 0 radical (unpaired) electrons. The van der Waals surface area contributed by atoms with Gasteiger partial charge in [-0.1, -0.05) is 62.8 Å². The summed E-state index contributed by atoms with van der Waals surface area (Å²) in [6.45, 7) is 5.70. The molecule has 1 heterocycles. The fourth-order valence-corrected chi connectivity index (χ4v) is 3.46. The smallest absolute Gasteiger partial charge is 0.266 e. The number of hydrogen-bond donors (Lipinski definition) is 0. The maximum Gasteiger partial charge on any atom is 0.266 e. The van der Waals surface area contributed by atoms with E-state index in [-0.39, 0.29) is 5.91 Å². The number of nitrogens with zero attached hydrogens (tertiary/aromatic N) is 1. The molecule has 1 aromatic carbocycles. The van der Waals surface area contributed by atoms with E-state index in [1.807, 2.05) is 30.3 Å². The number of rotatable bonds is 8. The first kappa shape index (κ1) is 18.0. The summed E-state index contributed by atoms with van der Waals surface area (Å²) in [5.74, 6) is 0.891. The van der Waals surface area contributed by atoms with Gasteiger partial charge in [0.05, 0.1) is 11.5 Å². The minimum atomic E-state index is 0.0247.